The Bertz CT molecular complexity index is 946. The molecule has 0 radical (unpaired) electrons. The Balaban J connectivity index is 1.71. The van der Waals surface area contributed by atoms with Crippen LogP contribution < -0.4 is 0 Å². The predicted molar refractivity (Wildman–Crippen MR) is 121 cm³/mol. The lowest BCUT2D eigenvalue weighted by Crippen LogP contribution is -2.44. The fourth-order valence-corrected chi connectivity index (χ4v) is 5.22. The van der Waals surface area contributed by atoms with E-state index in [2.05, 4.69) is 23.1 Å². The standard InChI is InChI=1S/C27H33FN2O/c1-3-27(31,4-2)23-9-7-22(8-10-23)26(24-15-21(18-29)16-25(28)17-24)11-13-30(14-12-26)19-20-5-6-20/h7-10,15-17,20,31H,3-6,11-14,19H2,1-2H3. The lowest BCUT2D eigenvalue weighted by molar-refractivity contribution is 0.0283. The molecule has 3 nitrogen and oxygen atoms in total. The topological polar surface area (TPSA) is 47.3 Å². The summed E-state index contributed by atoms with van der Waals surface area (Å²) in [5.41, 5.74) is 2.21. The number of nitriles is 1. The second-order valence-corrected chi connectivity index (χ2v) is 9.48. The van der Waals surface area contributed by atoms with Crippen LogP contribution in [0.3, 0.4) is 0 Å². The normalized spacial score (nSPS) is 19.2. The summed E-state index contributed by atoms with van der Waals surface area (Å²) >= 11 is 0. The Morgan fingerprint density at radius 1 is 1.06 bits per heavy atom. The van der Waals surface area contributed by atoms with Crippen molar-refractivity contribution in [2.24, 2.45) is 5.92 Å². The minimum Gasteiger partial charge on any atom is -0.385 e. The SMILES string of the molecule is CCC(O)(CC)c1ccc(C2(c3cc(F)cc(C#N)c3)CCN(CC3CC3)CC2)cc1. The van der Waals surface area contributed by atoms with Crippen molar-refractivity contribution in [2.45, 2.75) is 63.4 Å². The van der Waals surface area contributed by atoms with Crippen LogP contribution in [0.25, 0.3) is 0 Å². The largest absolute Gasteiger partial charge is 0.385 e. The number of aliphatic hydroxyl groups is 1. The van der Waals surface area contributed by atoms with Crippen LogP contribution in [-0.2, 0) is 11.0 Å². The molecule has 0 aromatic heterocycles. The van der Waals surface area contributed by atoms with Crippen LogP contribution in [0, 0.1) is 23.1 Å². The number of rotatable bonds is 7. The molecule has 0 spiro atoms. The van der Waals surface area contributed by atoms with E-state index in [9.17, 15) is 14.8 Å². The van der Waals surface area contributed by atoms with Gasteiger partial charge < -0.3 is 10.0 Å². The van der Waals surface area contributed by atoms with Crippen molar-refractivity contribution >= 4 is 0 Å². The summed E-state index contributed by atoms with van der Waals surface area (Å²) in [7, 11) is 0. The van der Waals surface area contributed by atoms with Crippen molar-refractivity contribution in [3.63, 3.8) is 0 Å². The zero-order chi connectivity index (χ0) is 22.1. The highest BCUT2D eigenvalue weighted by atomic mass is 19.1. The summed E-state index contributed by atoms with van der Waals surface area (Å²) in [4.78, 5) is 2.54. The van der Waals surface area contributed by atoms with Crippen LogP contribution in [0.4, 0.5) is 4.39 Å². The summed E-state index contributed by atoms with van der Waals surface area (Å²) in [6, 6.07) is 15.2. The zero-order valence-corrected chi connectivity index (χ0v) is 18.7. The first-order chi connectivity index (χ1) is 14.9. The molecule has 2 aliphatic rings. The monoisotopic (exact) mass is 420 g/mol. The van der Waals surface area contributed by atoms with Gasteiger partial charge >= 0.3 is 0 Å². The highest BCUT2D eigenvalue weighted by molar-refractivity contribution is 5.45. The third-order valence-electron chi connectivity index (χ3n) is 7.65. The number of hydrogen-bond acceptors (Lipinski definition) is 3. The van der Waals surface area contributed by atoms with Crippen molar-refractivity contribution in [1.82, 2.24) is 4.90 Å². The average Bonchev–Trinajstić information content (AvgIpc) is 3.63. The molecule has 0 amide bonds. The van der Waals surface area contributed by atoms with E-state index in [-0.39, 0.29) is 11.2 Å². The quantitative estimate of drug-likeness (QED) is 0.644. The van der Waals surface area contributed by atoms with Crippen LogP contribution in [0.2, 0.25) is 0 Å². The van der Waals surface area contributed by atoms with Crippen LogP contribution in [-0.4, -0.2) is 29.6 Å². The Morgan fingerprint density at radius 3 is 2.26 bits per heavy atom. The molecule has 4 heteroatoms. The first-order valence-electron chi connectivity index (χ1n) is 11.7. The number of likely N-dealkylation sites (tertiary alicyclic amines) is 1. The second kappa shape index (κ2) is 8.73. The van der Waals surface area contributed by atoms with Crippen LogP contribution in [0.15, 0.2) is 42.5 Å². The summed E-state index contributed by atoms with van der Waals surface area (Å²) in [5, 5.41) is 20.3. The molecule has 4 rings (SSSR count). The number of piperidine rings is 1. The van der Waals surface area contributed by atoms with Gasteiger partial charge in [-0.1, -0.05) is 38.1 Å². The first-order valence-corrected chi connectivity index (χ1v) is 11.7. The number of benzene rings is 2. The van der Waals surface area contributed by atoms with Crippen molar-refractivity contribution < 1.29 is 9.50 Å². The van der Waals surface area contributed by atoms with E-state index >= 15 is 0 Å². The van der Waals surface area contributed by atoms with Gasteiger partial charge in [0, 0.05) is 12.0 Å². The number of halogens is 1. The third-order valence-corrected chi connectivity index (χ3v) is 7.65. The molecule has 1 saturated heterocycles. The van der Waals surface area contributed by atoms with Gasteiger partial charge in [-0.05, 0) is 92.4 Å². The smallest absolute Gasteiger partial charge is 0.124 e. The number of nitrogens with zero attached hydrogens (tertiary/aromatic N) is 2. The summed E-state index contributed by atoms with van der Waals surface area (Å²) < 4.78 is 14.4. The Labute approximate surface area is 185 Å². The zero-order valence-electron chi connectivity index (χ0n) is 18.7. The summed E-state index contributed by atoms with van der Waals surface area (Å²) in [6.45, 7) is 7.13. The predicted octanol–water partition coefficient (Wildman–Crippen LogP) is 5.50. The molecular formula is C27H33FN2O. The van der Waals surface area contributed by atoms with Crippen molar-refractivity contribution in [2.75, 3.05) is 19.6 Å². The fraction of sp³-hybridized carbons (Fsp3) is 0.519. The summed E-state index contributed by atoms with van der Waals surface area (Å²) in [5.74, 6) is 0.503. The minimum absolute atomic E-state index is 0.317. The van der Waals surface area contributed by atoms with Crippen molar-refractivity contribution in [3.05, 3.63) is 70.5 Å². The van der Waals surface area contributed by atoms with Gasteiger partial charge in [0.15, 0.2) is 0 Å². The molecule has 0 atom stereocenters. The van der Waals surface area contributed by atoms with Gasteiger partial charge in [0.05, 0.1) is 17.2 Å². The van der Waals surface area contributed by atoms with Crippen LogP contribution in [0.5, 0.6) is 0 Å². The summed E-state index contributed by atoms with van der Waals surface area (Å²) in [6.07, 6.45) is 5.82. The molecule has 1 aliphatic carbocycles. The Hall–Kier alpha value is -2.22. The molecule has 164 valence electrons. The van der Waals surface area contributed by atoms with E-state index in [1.165, 1.54) is 25.5 Å². The van der Waals surface area contributed by atoms with E-state index in [0.717, 1.165) is 48.5 Å². The maximum Gasteiger partial charge on any atom is 0.124 e. The van der Waals surface area contributed by atoms with Gasteiger partial charge in [-0.2, -0.15) is 5.26 Å². The number of hydrogen-bond donors (Lipinski definition) is 1. The first kappa shape index (κ1) is 22.0. The molecule has 1 aliphatic heterocycles. The van der Waals surface area contributed by atoms with Crippen molar-refractivity contribution in [3.8, 4) is 6.07 Å². The maximum atomic E-state index is 14.4. The van der Waals surface area contributed by atoms with E-state index in [1.807, 2.05) is 32.0 Å². The molecule has 31 heavy (non-hydrogen) atoms. The lowest BCUT2D eigenvalue weighted by Gasteiger charge is -2.43. The van der Waals surface area contributed by atoms with Gasteiger partial charge in [-0.15, -0.1) is 0 Å². The molecule has 2 aromatic carbocycles. The molecular weight excluding hydrogens is 387 g/mol. The van der Waals surface area contributed by atoms with E-state index in [4.69, 9.17) is 0 Å². The van der Waals surface area contributed by atoms with Crippen LogP contribution >= 0.6 is 0 Å². The van der Waals surface area contributed by atoms with Gasteiger partial charge in [0.25, 0.3) is 0 Å². The molecule has 2 aromatic rings. The van der Waals surface area contributed by atoms with Crippen molar-refractivity contribution in [1.29, 1.82) is 5.26 Å². The highest BCUT2D eigenvalue weighted by Crippen LogP contribution is 2.44. The van der Waals surface area contributed by atoms with Crippen LogP contribution in [0.1, 0.15) is 74.6 Å². The molecule has 2 fully saturated rings. The van der Waals surface area contributed by atoms with E-state index in [1.54, 1.807) is 6.07 Å². The second-order valence-electron chi connectivity index (χ2n) is 9.48. The van der Waals surface area contributed by atoms with E-state index < -0.39 is 5.60 Å². The molecule has 1 saturated carbocycles. The molecule has 0 bridgehead atoms. The van der Waals surface area contributed by atoms with Gasteiger partial charge in [-0.25, -0.2) is 4.39 Å². The van der Waals surface area contributed by atoms with Gasteiger partial charge in [0.1, 0.15) is 5.82 Å². The molecule has 1 heterocycles. The van der Waals surface area contributed by atoms with Gasteiger partial charge in [0.2, 0.25) is 0 Å². The third kappa shape index (κ3) is 4.40. The highest BCUT2D eigenvalue weighted by Gasteiger charge is 2.40. The fourth-order valence-electron chi connectivity index (χ4n) is 5.22. The minimum atomic E-state index is -0.813. The van der Waals surface area contributed by atoms with E-state index in [0.29, 0.717) is 18.4 Å². The maximum absolute atomic E-state index is 14.4. The Morgan fingerprint density at radius 2 is 1.71 bits per heavy atom. The molecule has 0 unspecified atom stereocenters. The molecule has 1 N–H and O–H groups in total. The Kier molecular flexibility index (Phi) is 6.19. The lowest BCUT2D eigenvalue weighted by atomic mass is 9.67. The average molecular weight is 421 g/mol. The van der Waals surface area contributed by atoms with Gasteiger partial charge in [-0.3, -0.25) is 0 Å².